The Labute approximate surface area is 120 Å². The van der Waals surface area contributed by atoms with Crippen molar-refractivity contribution in [2.24, 2.45) is 0 Å². The summed E-state index contributed by atoms with van der Waals surface area (Å²) in [4.78, 5) is 13.4. The molecule has 2 saturated heterocycles. The summed E-state index contributed by atoms with van der Waals surface area (Å²) in [5.41, 5.74) is -1.21. The summed E-state index contributed by atoms with van der Waals surface area (Å²) in [6.45, 7) is 6.76. The number of amides is 1. The molecule has 2 aliphatic rings. The second-order valence-electron chi connectivity index (χ2n) is 6.59. The van der Waals surface area contributed by atoms with Crippen molar-refractivity contribution in [1.82, 2.24) is 4.90 Å². The van der Waals surface area contributed by atoms with Gasteiger partial charge in [-0.2, -0.15) is 0 Å². The van der Waals surface area contributed by atoms with E-state index in [1.165, 1.54) is 0 Å². The van der Waals surface area contributed by atoms with E-state index in [1.807, 2.05) is 20.8 Å². The van der Waals surface area contributed by atoms with Gasteiger partial charge in [0.1, 0.15) is 11.2 Å². The molecule has 0 spiro atoms. The number of hydrogen-bond acceptors (Lipinski definition) is 5. The number of aliphatic hydroxyl groups is 1. The van der Waals surface area contributed by atoms with E-state index in [0.29, 0.717) is 19.7 Å². The maximum absolute atomic E-state index is 11.9. The first-order valence-electron chi connectivity index (χ1n) is 7.22. The van der Waals surface area contributed by atoms with E-state index in [9.17, 15) is 9.90 Å². The summed E-state index contributed by atoms with van der Waals surface area (Å²) in [6.07, 6.45) is 2.33. The van der Waals surface area contributed by atoms with Crippen LogP contribution in [0.5, 0.6) is 0 Å². The highest BCUT2D eigenvalue weighted by Gasteiger charge is 2.49. The van der Waals surface area contributed by atoms with Crippen molar-refractivity contribution in [3.8, 4) is 0 Å². The third-order valence-electron chi connectivity index (χ3n) is 3.42. The standard InChI is InChI=1S/C14H25NO5/c1-13(2,3)20-12(17)15-8-14(9-15,10-16)19-11-6-4-5-7-18-11/h11,16H,4-10H2,1-3H3. The van der Waals surface area contributed by atoms with Gasteiger partial charge in [-0.15, -0.1) is 0 Å². The van der Waals surface area contributed by atoms with Crippen LogP contribution in [-0.4, -0.2) is 59.9 Å². The molecule has 6 nitrogen and oxygen atoms in total. The second-order valence-corrected chi connectivity index (χ2v) is 6.59. The van der Waals surface area contributed by atoms with Crippen LogP contribution in [-0.2, 0) is 14.2 Å². The quantitative estimate of drug-likeness (QED) is 0.852. The minimum absolute atomic E-state index is 0.119. The van der Waals surface area contributed by atoms with Gasteiger partial charge in [-0.25, -0.2) is 4.79 Å². The van der Waals surface area contributed by atoms with Crippen LogP contribution in [0.2, 0.25) is 0 Å². The molecular formula is C14H25NO5. The van der Waals surface area contributed by atoms with Gasteiger partial charge in [0.25, 0.3) is 0 Å². The van der Waals surface area contributed by atoms with Crippen molar-refractivity contribution in [1.29, 1.82) is 0 Å². The van der Waals surface area contributed by atoms with Gasteiger partial charge in [0.15, 0.2) is 6.29 Å². The highest BCUT2D eigenvalue weighted by atomic mass is 16.7. The van der Waals surface area contributed by atoms with E-state index >= 15 is 0 Å². The third-order valence-corrected chi connectivity index (χ3v) is 3.42. The number of rotatable bonds is 3. The average molecular weight is 287 g/mol. The van der Waals surface area contributed by atoms with Crippen LogP contribution in [0.3, 0.4) is 0 Å². The van der Waals surface area contributed by atoms with E-state index in [0.717, 1.165) is 19.3 Å². The lowest BCUT2D eigenvalue weighted by molar-refractivity contribution is -0.265. The molecule has 2 aliphatic heterocycles. The molecule has 20 heavy (non-hydrogen) atoms. The van der Waals surface area contributed by atoms with Crippen LogP contribution in [0, 0.1) is 0 Å². The number of hydrogen-bond donors (Lipinski definition) is 1. The molecule has 2 fully saturated rings. The number of likely N-dealkylation sites (tertiary alicyclic amines) is 1. The van der Waals surface area contributed by atoms with Crippen molar-refractivity contribution >= 4 is 6.09 Å². The number of ether oxygens (including phenoxy) is 3. The van der Waals surface area contributed by atoms with E-state index in [4.69, 9.17) is 14.2 Å². The van der Waals surface area contributed by atoms with Crippen molar-refractivity contribution in [3.05, 3.63) is 0 Å². The Morgan fingerprint density at radius 1 is 1.40 bits per heavy atom. The van der Waals surface area contributed by atoms with Gasteiger partial charge < -0.3 is 24.2 Å². The van der Waals surface area contributed by atoms with Gasteiger partial charge in [-0.05, 0) is 40.0 Å². The molecule has 0 bridgehead atoms. The highest BCUT2D eigenvalue weighted by Crippen LogP contribution is 2.30. The Balaban J connectivity index is 1.82. The number of carbonyl (C=O) groups excluding carboxylic acids is 1. The topological polar surface area (TPSA) is 68.2 Å². The van der Waals surface area contributed by atoms with Gasteiger partial charge in [0, 0.05) is 6.61 Å². The van der Waals surface area contributed by atoms with E-state index in [1.54, 1.807) is 4.90 Å². The Kier molecular flexibility index (Phi) is 4.56. The molecule has 0 aromatic heterocycles. The van der Waals surface area contributed by atoms with Crippen molar-refractivity contribution in [3.63, 3.8) is 0 Å². The Bertz CT molecular complexity index is 340. The normalized spacial score (nSPS) is 26.0. The summed E-state index contributed by atoms with van der Waals surface area (Å²) in [7, 11) is 0. The molecule has 0 aliphatic carbocycles. The largest absolute Gasteiger partial charge is 0.444 e. The molecule has 2 heterocycles. The lowest BCUT2D eigenvalue weighted by Gasteiger charge is -2.49. The zero-order valence-electron chi connectivity index (χ0n) is 12.6. The maximum Gasteiger partial charge on any atom is 0.410 e. The summed E-state index contributed by atoms with van der Waals surface area (Å²) in [6, 6.07) is 0. The first-order chi connectivity index (χ1) is 9.34. The Morgan fingerprint density at radius 2 is 2.10 bits per heavy atom. The molecule has 0 aromatic carbocycles. The summed E-state index contributed by atoms with van der Waals surface area (Å²) >= 11 is 0. The van der Waals surface area contributed by atoms with E-state index in [2.05, 4.69) is 0 Å². The molecule has 1 N–H and O–H groups in total. The van der Waals surface area contributed by atoms with Crippen molar-refractivity contribution < 1.29 is 24.1 Å². The summed E-state index contributed by atoms with van der Waals surface area (Å²) in [5.74, 6) is 0. The summed E-state index contributed by atoms with van der Waals surface area (Å²) in [5, 5.41) is 9.54. The highest BCUT2D eigenvalue weighted by molar-refractivity contribution is 5.69. The van der Waals surface area contributed by atoms with Gasteiger partial charge in [-0.1, -0.05) is 0 Å². The van der Waals surface area contributed by atoms with Crippen LogP contribution in [0.15, 0.2) is 0 Å². The van der Waals surface area contributed by atoms with Crippen LogP contribution >= 0.6 is 0 Å². The van der Waals surface area contributed by atoms with E-state index in [-0.39, 0.29) is 19.0 Å². The van der Waals surface area contributed by atoms with Crippen LogP contribution in [0.1, 0.15) is 40.0 Å². The van der Waals surface area contributed by atoms with Gasteiger partial charge in [0.05, 0.1) is 19.7 Å². The number of aliphatic hydroxyl groups excluding tert-OH is 1. The van der Waals surface area contributed by atoms with Crippen molar-refractivity contribution in [2.75, 3.05) is 26.3 Å². The van der Waals surface area contributed by atoms with E-state index < -0.39 is 11.2 Å². The smallest absolute Gasteiger partial charge is 0.410 e. The maximum atomic E-state index is 11.9. The molecule has 1 amide bonds. The minimum Gasteiger partial charge on any atom is -0.444 e. The fourth-order valence-corrected chi connectivity index (χ4v) is 2.40. The fourth-order valence-electron chi connectivity index (χ4n) is 2.40. The first kappa shape index (κ1) is 15.5. The molecular weight excluding hydrogens is 262 g/mol. The average Bonchev–Trinajstić information content (AvgIpc) is 2.32. The lowest BCUT2D eigenvalue weighted by atomic mass is 9.95. The molecule has 1 atom stereocenters. The van der Waals surface area contributed by atoms with Crippen LogP contribution < -0.4 is 0 Å². The molecule has 0 aromatic rings. The molecule has 0 saturated carbocycles. The van der Waals surface area contributed by atoms with Gasteiger partial charge in [0.2, 0.25) is 0 Å². The van der Waals surface area contributed by atoms with Crippen LogP contribution in [0.4, 0.5) is 4.79 Å². The Morgan fingerprint density at radius 3 is 2.60 bits per heavy atom. The molecule has 2 rings (SSSR count). The number of carbonyl (C=O) groups is 1. The zero-order valence-corrected chi connectivity index (χ0v) is 12.6. The predicted molar refractivity (Wildman–Crippen MR) is 72.3 cm³/mol. The Hall–Kier alpha value is -0.850. The molecule has 6 heteroatoms. The molecule has 0 radical (unpaired) electrons. The lowest BCUT2D eigenvalue weighted by Crippen LogP contribution is -2.68. The van der Waals surface area contributed by atoms with Gasteiger partial charge >= 0.3 is 6.09 Å². The first-order valence-corrected chi connectivity index (χ1v) is 7.22. The van der Waals surface area contributed by atoms with Gasteiger partial charge in [-0.3, -0.25) is 0 Å². The minimum atomic E-state index is -0.696. The molecule has 1 unspecified atom stereocenters. The summed E-state index contributed by atoms with van der Waals surface area (Å²) < 4.78 is 16.7. The fraction of sp³-hybridized carbons (Fsp3) is 0.929. The third kappa shape index (κ3) is 3.84. The number of nitrogens with zero attached hydrogens (tertiary/aromatic N) is 1. The predicted octanol–water partition coefficient (Wildman–Crippen LogP) is 1.51. The second kappa shape index (κ2) is 5.87. The van der Waals surface area contributed by atoms with Crippen molar-refractivity contribution in [2.45, 2.75) is 57.5 Å². The monoisotopic (exact) mass is 287 g/mol. The molecule has 116 valence electrons. The SMILES string of the molecule is CC(C)(C)OC(=O)N1CC(CO)(OC2CCCCO2)C1. The van der Waals surface area contributed by atoms with Crippen LogP contribution in [0.25, 0.3) is 0 Å². The zero-order chi connectivity index (χ0) is 14.8.